The molecule has 8 nitrogen and oxygen atoms in total. The van der Waals surface area contributed by atoms with E-state index in [1.54, 1.807) is 24.3 Å². The summed E-state index contributed by atoms with van der Waals surface area (Å²) in [7, 11) is -3.88. The van der Waals surface area contributed by atoms with Crippen molar-refractivity contribution in [1.82, 2.24) is 0 Å². The first kappa shape index (κ1) is 20.0. The lowest BCUT2D eigenvalue weighted by atomic mass is 10.2. The van der Waals surface area contributed by atoms with Crippen LogP contribution in [0.15, 0.2) is 77.7 Å². The van der Waals surface area contributed by atoms with Crippen molar-refractivity contribution in [2.24, 2.45) is 0 Å². The van der Waals surface area contributed by atoms with Gasteiger partial charge in [-0.15, -0.1) is 0 Å². The average molecular weight is 411 g/mol. The summed E-state index contributed by atoms with van der Waals surface area (Å²) in [6.45, 7) is 1.89. The smallest absolute Gasteiger partial charge is 0.269 e. The van der Waals surface area contributed by atoms with Crippen LogP contribution in [0.5, 0.6) is 0 Å². The molecular formula is C20H17N3O5S. The van der Waals surface area contributed by atoms with Gasteiger partial charge in [-0.3, -0.25) is 19.6 Å². The molecule has 0 radical (unpaired) electrons. The van der Waals surface area contributed by atoms with E-state index in [1.165, 1.54) is 48.5 Å². The maximum atomic E-state index is 12.6. The van der Waals surface area contributed by atoms with Gasteiger partial charge in [0.15, 0.2) is 0 Å². The van der Waals surface area contributed by atoms with Crippen molar-refractivity contribution < 1.29 is 18.1 Å². The Morgan fingerprint density at radius 2 is 1.55 bits per heavy atom. The fraction of sp³-hybridized carbons (Fsp3) is 0.0500. The minimum absolute atomic E-state index is 0.0607. The highest BCUT2D eigenvalue weighted by molar-refractivity contribution is 7.92. The van der Waals surface area contributed by atoms with Gasteiger partial charge in [0.05, 0.1) is 9.82 Å². The van der Waals surface area contributed by atoms with Gasteiger partial charge in [-0.25, -0.2) is 8.42 Å². The molecule has 0 saturated carbocycles. The SMILES string of the molecule is Cc1ccc(NS(=O)(=O)c2cccc(C(=O)Nc3ccc([N+](=O)[O-])cc3)c2)cc1. The largest absolute Gasteiger partial charge is 0.322 e. The van der Waals surface area contributed by atoms with Crippen LogP contribution in [0.2, 0.25) is 0 Å². The number of aryl methyl sites for hydroxylation is 1. The summed E-state index contributed by atoms with van der Waals surface area (Å²) in [4.78, 5) is 22.5. The number of hydrogen-bond donors (Lipinski definition) is 2. The van der Waals surface area contributed by atoms with Crippen LogP contribution in [-0.4, -0.2) is 19.2 Å². The molecule has 0 fully saturated rings. The van der Waals surface area contributed by atoms with Crippen molar-refractivity contribution >= 4 is 33.0 Å². The van der Waals surface area contributed by atoms with Gasteiger partial charge in [0.25, 0.3) is 21.6 Å². The van der Waals surface area contributed by atoms with Gasteiger partial charge >= 0.3 is 0 Å². The molecule has 0 atom stereocenters. The Labute approximate surface area is 167 Å². The Bertz CT molecular complexity index is 1160. The fourth-order valence-electron chi connectivity index (χ4n) is 2.51. The van der Waals surface area contributed by atoms with Crippen LogP contribution in [-0.2, 0) is 10.0 Å². The second-order valence-corrected chi connectivity index (χ2v) is 7.94. The number of nitro groups is 1. The number of amides is 1. The molecule has 3 aromatic rings. The molecule has 3 rings (SSSR count). The van der Waals surface area contributed by atoms with Crippen LogP contribution >= 0.6 is 0 Å². The number of benzene rings is 3. The highest BCUT2D eigenvalue weighted by Crippen LogP contribution is 2.19. The Morgan fingerprint density at radius 3 is 2.17 bits per heavy atom. The predicted molar refractivity (Wildman–Crippen MR) is 109 cm³/mol. The van der Waals surface area contributed by atoms with Crippen molar-refractivity contribution in [3.63, 3.8) is 0 Å². The van der Waals surface area contributed by atoms with E-state index in [0.29, 0.717) is 11.4 Å². The van der Waals surface area contributed by atoms with E-state index in [0.717, 1.165) is 5.56 Å². The molecule has 0 spiro atoms. The molecule has 0 bridgehead atoms. The average Bonchev–Trinajstić information content (AvgIpc) is 2.70. The molecule has 148 valence electrons. The summed E-state index contributed by atoms with van der Waals surface area (Å²) in [5.41, 5.74) is 1.80. The highest BCUT2D eigenvalue weighted by atomic mass is 32.2. The number of carbonyl (C=O) groups is 1. The normalized spacial score (nSPS) is 10.9. The number of carbonyl (C=O) groups excluding carboxylic acids is 1. The summed E-state index contributed by atoms with van der Waals surface area (Å²) in [6, 6.07) is 17.8. The first-order valence-corrected chi connectivity index (χ1v) is 9.98. The zero-order valence-electron chi connectivity index (χ0n) is 15.3. The summed E-state index contributed by atoms with van der Waals surface area (Å²) >= 11 is 0. The van der Waals surface area contributed by atoms with Crippen molar-refractivity contribution in [1.29, 1.82) is 0 Å². The fourth-order valence-corrected chi connectivity index (χ4v) is 3.61. The van der Waals surface area contributed by atoms with Crippen LogP contribution in [0.25, 0.3) is 0 Å². The molecule has 0 aromatic heterocycles. The lowest BCUT2D eigenvalue weighted by Gasteiger charge is -2.10. The Morgan fingerprint density at radius 1 is 0.931 bits per heavy atom. The molecule has 1 amide bonds. The molecule has 0 aliphatic heterocycles. The standard InChI is InChI=1S/C20H17N3O5S/c1-14-5-7-17(8-6-14)22-29(27,28)19-4-2-3-15(13-19)20(24)21-16-9-11-18(12-10-16)23(25)26/h2-13,22H,1H3,(H,21,24). The lowest BCUT2D eigenvalue weighted by molar-refractivity contribution is -0.384. The van der Waals surface area contributed by atoms with Gasteiger partial charge < -0.3 is 5.32 Å². The summed E-state index contributed by atoms with van der Waals surface area (Å²) in [6.07, 6.45) is 0. The summed E-state index contributed by atoms with van der Waals surface area (Å²) < 4.78 is 27.7. The van der Waals surface area contributed by atoms with E-state index in [2.05, 4.69) is 10.0 Å². The zero-order valence-corrected chi connectivity index (χ0v) is 16.1. The van der Waals surface area contributed by atoms with Crippen LogP contribution in [0.4, 0.5) is 17.1 Å². The molecule has 9 heteroatoms. The molecule has 2 N–H and O–H groups in total. The van der Waals surface area contributed by atoms with Gasteiger partial charge in [-0.2, -0.15) is 0 Å². The Kier molecular flexibility index (Phi) is 5.60. The lowest BCUT2D eigenvalue weighted by Crippen LogP contribution is -2.16. The number of nitrogens with one attached hydrogen (secondary N) is 2. The number of non-ortho nitro benzene ring substituents is 1. The number of nitrogens with zero attached hydrogens (tertiary/aromatic N) is 1. The minimum atomic E-state index is -3.88. The third-order valence-corrected chi connectivity index (χ3v) is 5.43. The van der Waals surface area contributed by atoms with Crippen molar-refractivity contribution in [3.8, 4) is 0 Å². The van der Waals surface area contributed by atoms with Crippen molar-refractivity contribution in [2.75, 3.05) is 10.0 Å². The summed E-state index contributed by atoms with van der Waals surface area (Å²) in [5.74, 6) is -0.536. The second-order valence-electron chi connectivity index (χ2n) is 6.26. The number of nitro benzene ring substituents is 1. The van der Waals surface area contributed by atoms with Crippen molar-refractivity contribution in [3.05, 3.63) is 94.0 Å². The highest BCUT2D eigenvalue weighted by Gasteiger charge is 2.17. The maximum Gasteiger partial charge on any atom is 0.269 e. The Hall–Kier alpha value is -3.72. The molecule has 29 heavy (non-hydrogen) atoms. The van der Waals surface area contributed by atoms with Gasteiger partial charge in [0, 0.05) is 29.1 Å². The van der Waals surface area contributed by atoms with Crippen molar-refractivity contribution in [2.45, 2.75) is 11.8 Å². The molecule has 0 aliphatic rings. The van der Waals surface area contributed by atoms with E-state index in [9.17, 15) is 23.3 Å². The first-order valence-electron chi connectivity index (χ1n) is 8.50. The molecule has 0 heterocycles. The first-order chi connectivity index (χ1) is 13.7. The predicted octanol–water partition coefficient (Wildman–Crippen LogP) is 3.96. The van der Waals surface area contributed by atoms with Crippen LogP contribution in [0, 0.1) is 17.0 Å². The number of rotatable bonds is 6. The number of sulfonamides is 1. The molecule has 0 unspecified atom stereocenters. The third kappa shape index (κ3) is 4.96. The van der Waals surface area contributed by atoms with E-state index in [4.69, 9.17) is 0 Å². The van der Waals surface area contributed by atoms with Gasteiger partial charge in [0.2, 0.25) is 0 Å². The number of anilines is 2. The maximum absolute atomic E-state index is 12.6. The van der Waals surface area contributed by atoms with Gasteiger partial charge in [-0.1, -0.05) is 23.8 Å². The molecule has 0 aliphatic carbocycles. The summed E-state index contributed by atoms with van der Waals surface area (Å²) in [5, 5.41) is 13.3. The minimum Gasteiger partial charge on any atom is -0.322 e. The molecule has 0 saturated heterocycles. The van der Waals surface area contributed by atoms with E-state index in [-0.39, 0.29) is 16.1 Å². The topological polar surface area (TPSA) is 118 Å². The van der Waals surface area contributed by atoms with Crippen LogP contribution < -0.4 is 10.0 Å². The van der Waals surface area contributed by atoms with E-state index >= 15 is 0 Å². The quantitative estimate of drug-likeness (QED) is 0.470. The zero-order chi connectivity index (χ0) is 21.0. The monoisotopic (exact) mass is 411 g/mol. The van der Waals surface area contributed by atoms with Gasteiger partial charge in [0.1, 0.15) is 0 Å². The van der Waals surface area contributed by atoms with Gasteiger partial charge in [-0.05, 0) is 49.4 Å². The van der Waals surface area contributed by atoms with E-state index < -0.39 is 20.9 Å². The molecular weight excluding hydrogens is 394 g/mol. The third-order valence-electron chi connectivity index (χ3n) is 4.05. The van der Waals surface area contributed by atoms with Crippen LogP contribution in [0.3, 0.4) is 0 Å². The Balaban J connectivity index is 1.78. The van der Waals surface area contributed by atoms with E-state index in [1.807, 2.05) is 6.92 Å². The second kappa shape index (κ2) is 8.11. The number of hydrogen-bond acceptors (Lipinski definition) is 5. The molecule has 3 aromatic carbocycles. The van der Waals surface area contributed by atoms with Crippen LogP contribution in [0.1, 0.15) is 15.9 Å².